The number of rotatable bonds is 5. The van der Waals surface area contributed by atoms with Gasteiger partial charge >= 0.3 is 5.97 Å². The molecular formula is C11H16N2O4. The molecule has 0 aromatic heterocycles. The molecule has 0 aliphatic rings. The maximum Gasteiger partial charge on any atom is 0.335 e. The lowest BCUT2D eigenvalue weighted by atomic mass is 9.99. The number of aliphatic hydroxyl groups is 2. The first-order valence-electron chi connectivity index (χ1n) is 5.15. The monoisotopic (exact) mass is 240 g/mol. The Morgan fingerprint density at radius 1 is 1.29 bits per heavy atom. The highest BCUT2D eigenvalue weighted by atomic mass is 16.4. The molecule has 1 aromatic rings. The van der Waals surface area contributed by atoms with Gasteiger partial charge in [0.05, 0.1) is 11.7 Å². The summed E-state index contributed by atoms with van der Waals surface area (Å²) in [5, 5.41) is 28.2. The summed E-state index contributed by atoms with van der Waals surface area (Å²) >= 11 is 0. The molecule has 1 aromatic carbocycles. The summed E-state index contributed by atoms with van der Waals surface area (Å²) in [6.45, 7) is 0.229. The first-order valence-corrected chi connectivity index (χ1v) is 5.15. The smallest absolute Gasteiger partial charge is 0.335 e. The topological polar surface area (TPSA) is 130 Å². The average Bonchev–Trinajstić information content (AvgIpc) is 2.27. The standard InChI is InChI=1S/C11H16N2O4/c12-2-1-9(14)10(15)6-3-7(11(16)17)5-8(13)4-6/h3-5,9-10,14-15H,1-2,12-13H2,(H,16,17). The number of anilines is 1. The lowest BCUT2D eigenvalue weighted by Gasteiger charge is -2.18. The van der Waals surface area contributed by atoms with Crippen molar-refractivity contribution in [3.8, 4) is 0 Å². The van der Waals surface area contributed by atoms with Gasteiger partial charge in [0.25, 0.3) is 0 Å². The summed E-state index contributed by atoms with van der Waals surface area (Å²) in [6, 6.07) is 3.99. The number of nitrogen functional groups attached to an aromatic ring is 1. The molecule has 2 atom stereocenters. The van der Waals surface area contributed by atoms with E-state index in [0.717, 1.165) is 0 Å². The molecular weight excluding hydrogens is 224 g/mol. The molecule has 6 nitrogen and oxygen atoms in total. The summed E-state index contributed by atoms with van der Waals surface area (Å²) in [5.41, 5.74) is 11.3. The van der Waals surface area contributed by atoms with Crippen LogP contribution in [0.4, 0.5) is 5.69 Å². The van der Waals surface area contributed by atoms with Crippen LogP contribution in [0.2, 0.25) is 0 Å². The maximum absolute atomic E-state index is 10.8. The quantitative estimate of drug-likeness (QED) is 0.450. The van der Waals surface area contributed by atoms with Gasteiger partial charge in [0.1, 0.15) is 6.10 Å². The molecule has 94 valence electrons. The summed E-state index contributed by atoms with van der Waals surface area (Å²) in [5.74, 6) is -1.14. The molecule has 7 N–H and O–H groups in total. The van der Waals surface area contributed by atoms with Crippen LogP contribution in [0.1, 0.15) is 28.4 Å². The van der Waals surface area contributed by atoms with Gasteiger partial charge in [-0.2, -0.15) is 0 Å². The van der Waals surface area contributed by atoms with E-state index in [1.54, 1.807) is 0 Å². The van der Waals surface area contributed by atoms with Gasteiger partial charge < -0.3 is 26.8 Å². The lowest BCUT2D eigenvalue weighted by Crippen LogP contribution is -2.22. The zero-order chi connectivity index (χ0) is 13.0. The highest BCUT2D eigenvalue weighted by Crippen LogP contribution is 2.22. The fraction of sp³-hybridized carbons (Fsp3) is 0.364. The van der Waals surface area contributed by atoms with Gasteiger partial charge in [0.15, 0.2) is 0 Å². The second-order valence-corrected chi connectivity index (χ2v) is 3.78. The zero-order valence-electron chi connectivity index (χ0n) is 9.21. The molecule has 0 radical (unpaired) electrons. The van der Waals surface area contributed by atoms with Crippen molar-refractivity contribution in [1.82, 2.24) is 0 Å². The molecule has 1 rings (SSSR count). The third-order valence-electron chi connectivity index (χ3n) is 2.39. The summed E-state index contributed by atoms with van der Waals surface area (Å²) in [4.78, 5) is 10.8. The molecule has 0 heterocycles. The number of hydrogen-bond donors (Lipinski definition) is 5. The van der Waals surface area contributed by atoms with E-state index in [1.165, 1.54) is 18.2 Å². The molecule has 0 saturated heterocycles. The Hall–Kier alpha value is -1.63. The molecule has 0 spiro atoms. The van der Waals surface area contributed by atoms with Gasteiger partial charge in [-0.3, -0.25) is 0 Å². The predicted molar refractivity (Wildman–Crippen MR) is 62.5 cm³/mol. The van der Waals surface area contributed by atoms with Crippen LogP contribution < -0.4 is 11.5 Å². The number of benzene rings is 1. The van der Waals surface area contributed by atoms with E-state index >= 15 is 0 Å². The van der Waals surface area contributed by atoms with E-state index in [1.807, 2.05) is 0 Å². The predicted octanol–water partition coefficient (Wildman–Crippen LogP) is -0.290. The Bertz CT molecular complexity index is 408. The van der Waals surface area contributed by atoms with E-state index in [9.17, 15) is 15.0 Å². The van der Waals surface area contributed by atoms with Crippen LogP contribution in [0.5, 0.6) is 0 Å². The Morgan fingerprint density at radius 3 is 2.47 bits per heavy atom. The Morgan fingerprint density at radius 2 is 1.94 bits per heavy atom. The Balaban J connectivity index is 3.01. The summed E-state index contributed by atoms with van der Waals surface area (Å²) < 4.78 is 0. The second-order valence-electron chi connectivity index (χ2n) is 3.78. The number of nitrogens with two attached hydrogens (primary N) is 2. The third kappa shape index (κ3) is 3.42. The van der Waals surface area contributed by atoms with Crippen LogP contribution >= 0.6 is 0 Å². The second kappa shape index (κ2) is 5.62. The van der Waals surface area contributed by atoms with Crippen LogP contribution in [0.15, 0.2) is 18.2 Å². The Labute approximate surface area is 98.5 Å². The van der Waals surface area contributed by atoms with Crippen molar-refractivity contribution >= 4 is 11.7 Å². The van der Waals surface area contributed by atoms with E-state index in [2.05, 4.69) is 0 Å². The molecule has 0 aliphatic heterocycles. The fourth-order valence-corrected chi connectivity index (χ4v) is 1.52. The largest absolute Gasteiger partial charge is 0.478 e. The van der Waals surface area contributed by atoms with Crippen molar-refractivity contribution in [1.29, 1.82) is 0 Å². The van der Waals surface area contributed by atoms with E-state index < -0.39 is 18.2 Å². The maximum atomic E-state index is 10.8. The average molecular weight is 240 g/mol. The van der Waals surface area contributed by atoms with Crippen molar-refractivity contribution in [2.75, 3.05) is 12.3 Å². The molecule has 0 bridgehead atoms. The van der Waals surface area contributed by atoms with E-state index in [-0.39, 0.29) is 29.8 Å². The van der Waals surface area contributed by atoms with Crippen molar-refractivity contribution in [2.24, 2.45) is 5.73 Å². The molecule has 0 amide bonds. The SMILES string of the molecule is NCCC(O)C(O)c1cc(N)cc(C(=O)O)c1. The normalized spacial score (nSPS) is 14.3. The van der Waals surface area contributed by atoms with Crippen LogP contribution in [0, 0.1) is 0 Å². The number of carboxylic acids is 1. The minimum atomic E-state index is -1.19. The van der Waals surface area contributed by atoms with Crippen molar-refractivity contribution in [3.63, 3.8) is 0 Å². The molecule has 2 unspecified atom stereocenters. The highest BCUT2D eigenvalue weighted by Gasteiger charge is 2.19. The van der Waals surface area contributed by atoms with Gasteiger partial charge in [0, 0.05) is 5.69 Å². The fourth-order valence-electron chi connectivity index (χ4n) is 1.52. The van der Waals surface area contributed by atoms with Crippen molar-refractivity contribution in [3.05, 3.63) is 29.3 Å². The van der Waals surface area contributed by atoms with Crippen LogP contribution in [-0.2, 0) is 0 Å². The van der Waals surface area contributed by atoms with Crippen LogP contribution in [-0.4, -0.2) is 33.9 Å². The summed E-state index contributed by atoms with van der Waals surface area (Å²) in [6.07, 6.45) is -2.01. The number of hydrogen-bond acceptors (Lipinski definition) is 5. The number of aromatic carboxylic acids is 1. The molecule has 6 heteroatoms. The lowest BCUT2D eigenvalue weighted by molar-refractivity contribution is 0.0150. The molecule has 0 fully saturated rings. The molecule has 0 saturated carbocycles. The van der Waals surface area contributed by atoms with Crippen LogP contribution in [0.3, 0.4) is 0 Å². The van der Waals surface area contributed by atoms with E-state index in [4.69, 9.17) is 16.6 Å². The van der Waals surface area contributed by atoms with E-state index in [0.29, 0.717) is 0 Å². The molecule has 0 aliphatic carbocycles. The van der Waals surface area contributed by atoms with Gasteiger partial charge in [-0.1, -0.05) is 0 Å². The minimum Gasteiger partial charge on any atom is -0.478 e. The first-order chi connectivity index (χ1) is 7.95. The highest BCUT2D eigenvalue weighted by molar-refractivity contribution is 5.89. The first kappa shape index (κ1) is 13.4. The zero-order valence-corrected chi connectivity index (χ0v) is 9.21. The van der Waals surface area contributed by atoms with Crippen molar-refractivity contribution < 1.29 is 20.1 Å². The number of carboxylic acid groups (broad SMARTS) is 1. The third-order valence-corrected chi connectivity index (χ3v) is 2.39. The van der Waals surface area contributed by atoms with Crippen LogP contribution in [0.25, 0.3) is 0 Å². The summed E-state index contributed by atoms with van der Waals surface area (Å²) in [7, 11) is 0. The van der Waals surface area contributed by atoms with Crippen molar-refractivity contribution in [2.45, 2.75) is 18.6 Å². The van der Waals surface area contributed by atoms with Gasteiger partial charge in [-0.25, -0.2) is 4.79 Å². The number of aliphatic hydroxyl groups excluding tert-OH is 2. The molecule has 17 heavy (non-hydrogen) atoms. The number of carbonyl (C=O) groups is 1. The Kier molecular flexibility index (Phi) is 4.45. The van der Waals surface area contributed by atoms with Gasteiger partial charge in [-0.05, 0) is 36.7 Å². The minimum absolute atomic E-state index is 0.0287. The van der Waals surface area contributed by atoms with Gasteiger partial charge in [0.2, 0.25) is 0 Å². The van der Waals surface area contributed by atoms with Gasteiger partial charge in [-0.15, -0.1) is 0 Å².